The number of hydrogen-bond donors (Lipinski definition) is 1. The molecule has 1 aliphatic carbocycles. The molecule has 2 nitrogen and oxygen atoms in total. The van der Waals surface area contributed by atoms with Gasteiger partial charge in [0.15, 0.2) is 0 Å². The van der Waals surface area contributed by atoms with Crippen molar-refractivity contribution in [2.24, 2.45) is 5.73 Å². The van der Waals surface area contributed by atoms with E-state index < -0.39 is 0 Å². The molecule has 2 N–H and O–H groups in total. The van der Waals surface area contributed by atoms with E-state index in [0.717, 1.165) is 18.4 Å². The van der Waals surface area contributed by atoms with Crippen molar-refractivity contribution in [2.45, 2.75) is 25.5 Å². The Bertz CT molecular complexity index is 310. The number of rotatable bonds is 3. The molecule has 0 atom stereocenters. The Kier molecular flexibility index (Phi) is 2.19. The zero-order valence-corrected chi connectivity index (χ0v) is 7.29. The minimum Gasteiger partial charge on any atom is -0.490 e. The molecule has 0 unspecified atom stereocenters. The first kappa shape index (κ1) is 8.51. The van der Waals surface area contributed by atoms with Crippen molar-refractivity contribution >= 4 is 0 Å². The molecule has 0 heterocycles. The minimum atomic E-state index is -0.279. The molecule has 0 aromatic heterocycles. The van der Waals surface area contributed by atoms with E-state index in [4.69, 9.17) is 10.5 Å². The van der Waals surface area contributed by atoms with E-state index >= 15 is 0 Å². The predicted octanol–water partition coefficient (Wildman–Crippen LogP) is 1.83. The van der Waals surface area contributed by atoms with Gasteiger partial charge in [-0.1, -0.05) is 0 Å². The first-order valence-electron chi connectivity index (χ1n) is 4.44. The molecule has 70 valence electrons. The maximum absolute atomic E-state index is 12.9. The average molecular weight is 181 g/mol. The second-order valence-corrected chi connectivity index (χ2v) is 3.32. The maximum Gasteiger partial charge on any atom is 0.127 e. The van der Waals surface area contributed by atoms with Crippen molar-refractivity contribution in [3.05, 3.63) is 29.6 Å². The van der Waals surface area contributed by atoms with Gasteiger partial charge in [0.2, 0.25) is 0 Å². The van der Waals surface area contributed by atoms with Crippen molar-refractivity contribution in [3.8, 4) is 5.75 Å². The van der Waals surface area contributed by atoms with Gasteiger partial charge in [0.05, 0.1) is 6.10 Å². The van der Waals surface area contributed by atoms with Crippen LogP contribution in [0.1, 0.15) is 18.4 Å². The highest BCUT2D eigenvalue weighted by Crippen LogP contribution is 2.27. The van der Waals surface area contributed by atoms with Gasteiger partial charge in [0, 0.05) is 12.6 Å². The first-order chi connectivity index (χ1) is 6.28. The van der Waals surface area contributed by atoms with Crippen molar-refractivity contribution in [1.29, 1.82) is 0 Å². The van der Waals surface area contributed by atoms with Crippen LogP contribution in [0.5, 0.6) is 5.75 Å². The second-order valence-electron chi connectivity index (χ2n) is 3.32. The van der Waals surface area contributed by atoms with Gasteiger partial charge < -0.3 is 10.5 Å². The van der Waals surface area contributed by atoms with Crippen LogP contribution in [-0.4, -0.2) is 6.10 Å². The Morgan fingerprint density at radius 3 is 2.77 bits per heavy atom. The molecule has 1 aliphatic rings. The van der Waals surface area contributed by atoms with Gasteiger partial charge in [-0.05, 0) is 30.5 Å². The van der Waals surface area contributed by atoms with Gasteiger partial charge in [-0.2, -0.15) is 0 Å². The highest BCUT2D eigenvalue weighted by atomic mass is 19.1. The monoisotopic (exact) mass is 181 g/mol. The van der Waals surface area contributed by atoms with Crippen LogP contribution in [0.4, 0.5) is 4.39 Å². The summed E-state index contributed by atoms with van der Waals surface area (Å²) in [5.41, 5.74) is 6.19. The third-order valence-electron chi connectivity index (χ3n) is 1.99. The molecule has 1 fully saturated rings. The lowest BCUT2D eigenvalue weighted by atomic mass is 10.2. The summed E-state index contributed by atoms with van der Waals surface area (Å²) in [5, 5.41) is 0. The van der Waals surface area contributed by atoms with Crippen LogP contribution in [0.2, 0.25) is 0 Å². The average Bonchev–Trinajstić information content (AvgIpc) is 2.87. The molecule has 2 rings (SSSR count). The molecule has 0 radical (unpaired) electrons. The molecule has 13 heavy (non-hydrogen) atoms. The van der Waals surface area contributed by atoms with E-state index in [1.54, 1.807) is 6.07 Å². The Morgan fingerprint density at radius 2 is 2.15 bits per heavy atom. The summed E-state index contributed by atoms with van der Waals surface area (Å²) in [4.78, 5) is 0. The molecular weight excluding hydrogens is 169 g/mol. The Labute approximate surface area is 76.5 Å². The molecule has 0 saturated heterocycles. The Hall–Kier alpha value is -1.09. The fraction of sp³-hybridized carbons (Fsp3) is 0.400. The van der Waals surface area contributed by atoms with E-state index in [0.29, 0.717) is 18.4 Å². The SMILES string of the molecule is NCc1cc(F)cc(OC2CC2)c1. The minimum absolute atomic E-state index is 0.279. The lowest BCUT2D eigenvalue weighted by Crippen LogP contribution is -2.00. The summed E-state index contributed by atoms with van der Waals surface area (Å²) in [6.45, 7) is 0.346. The number of halogens is 1. The first-order valence-corrected chi connectivity index (χ1v) is 4.44. The molecule has 3 heteroatoms. The number of ether oxygens (including phenoxy) is 1. The highest BCUT2D eigenvalue weighted by Gasteiger charge is 2.23. The van der Waals surface area contributed by atoms with Crippen LogP contribution in [-0.2, 0) is 6.54 Å². The zero-order chi connectivity index (χ0) is 9.26. The fourth-order valence-electron chi connectivity index (χ4n) is 1.18. The lowest BCUT2D eigenvalue weighted by Gasteiger charge is -2.05. The molecular formula is C10H12FNO. The van der Waals surface area contributed by atoms with Crippen LogP contribution in [0.25, 0.3) is 0 Å². The molecule has 1 aromatic rings. The van der Waals surface area contributed by atoms with Gasteiger partial charge in [-0.15, -0.1) is 0 Å². The summed E-state index contributed by atoms with van der Waals surface area (Å²) < 4.78 is 18.4. The van der Waals surface area contributed by atoms with Crippen LogP contribution < -0.4 is 10.5 Å². The summed E-state index contributed by atoms with van der Waals surface area (Å²) >= 11 is 0. The highest BCUT2D eigenvalue weighted by molar-refractivity contribution is 5.30. The molecule has 0 amide bonds. The molecule has 1 saturated carbocycles. The smallest absolute Gasteiger partial charge is 0.127 e. The standard InChI is InChI=1S/C10H12FNO/c11-8-3-7(6-12)4-10(5-8)13-9-1-2-9/h3-5,9H,1-2,6,12H2. The third kappa shape index (κ3) is 2.18. The van der Waals surface area contributed by atoms with Crippen molar-refractivity contribution < 1.29 is 9.13 Å². The van der Waals surface area contributed by atoms with Gasteiger partial charge in [-0.25, -0.2) is 4.39 Å². The summed E-state index contributed by atoms with van der Waals surface area (Å²) in [7, 11) is 0. The van der Waals surface area contributed by atoms with E-state index in [2.05, 4.69) is 0 Å². The van der Waals surface area contributed by atoms with Crippen LogP contribution >= 0.6 is 0 Å². The van der Waals surface area contributed by atoms with Crippen LogP contribution in [0.3, 0.4) is 0 Å². The van der Waals surface area contributed by atoms with Gasteiger partial charge in [-0.3, -0.25) is 0 Å². The van der Waals surface area contributed by atoms with Crippen molar-refractivity contribution in [2.75, 3.05) is 0 Å². The van der Waals surface area contributed by atoms with Crippen LogP contribution in [0, 0.1) is 5.82 Å². The zero-order valence-electron chi connectivity index (χ0n) is 7.29. The fourth-order valence-corrected chi connectivity index (χ4v) is 1.18. The number of benzene rings is 1. The molecule has 0 aliphatic heterocycles. The lowest BCUT2D eigenvalue weighted by molar-refractivity contribution is 0.301. The van der Waals surface area contributed by atoms with Gasteiger partial charge >= 0.3 is 0 Å². The Balaban J connectivity index is 2.17. The Morgan fingerprint density at radius 1 is 1.38 bits per heavy atom. The topological polar surface area (TPSA) is 35.2 Å². The van der Waals surface area contributed by atoms with Crippen molar-refractivity contribution in [3.63, 3.8) is 0 Å². The largest absolute Gasteiger partial charge is 0.490 e. The molecule has 0 spiro atoms. The summed E-state index contributed by atoms with van der Waals surface area (Å²) in [5.74, 6) is 0.321. The predicted molar refractivity (Wildman–Crippen MR) is 47.9 cm³/mol. The van der Waals surface area contributed by atoms with E-state index in [1.807, 2.05) is 0 Å². The van der Waals surface area contributed by atoms with E-state index in [9.17, 15) is 4.39 Å². The number of hydrogen-bond acceptors (Lipinski definition) is 2. The summed E-state index contributed by atoms with van der Waals surface area (Å²) in [6.07, 6.45) is 2.45. The summed E-state index contributed by atoms with van der Waals surface area (Å²) in [6, 6.07) is 4.62. The van der Waals surface area contributed by atoms with E-state index in [-0.39, 0.29) is 5.82 Å². The van der Waals surface area contributed by atoms with E-state index in [1.165, 1.54) is 12.1 Å². The molecule has 1 aromatic carbocycles. The van der Waals surface area contributed by atoms with Gasteiger partial charge in [0.1, 0.15) is 11.6 Å². The van der Waals surface area contributed by atoms with Crippen molar-refractivity contribution in [1.82, 2.24) is 0 Å². The quantitative estimate of drug-likeness (QED) is 0.772. The van der Waals surface area contributed by atoms with Gasteiger partial charge in [0.25, 0.3) is 0 Å². The second kappa shape index (κ2) is 3.34. The third-order valence-corrected chi connectivity index (χ3v) is 1.99. The normalized spacial score (nSPS) is 15.8. The number of nitrogens with two attached hydrogens (primary N) is 1. The molecule has 0 bridgehead atoms. The van der Waals surface area contributed by atoms with Crippen LogP contribution in [0.15, 0.2) is 18.2 Å². The maximum atomic E-state index is 12.9.